The number of carboxylic acids is 1. The third kappa shape index (κ3) is 2.12. The molecule has 0 spiro atoms. The molecule has 104 valence electrons. The molecule has 7 nitrogen and oxygen atoms in total. The van der Waals surface area contributed by atoms with Crippen LogP contribution >= 0.6 is 0 Å². The van der Waals surface area contributed by atoms with Crippen molar-refractivity contribution in [3.05, 3.63) is 29.7 Å². The zero-order valence-corrected chi connectivity index (χ0v) is 10.9. The predicted octanol–water partition coefficient (Wildman–Crippen LogP) is 0.752. The molecule has 3 N–H and O–H groups in total. The van der Waals surface area contributed by atoms with Crippen LogP contribution < -0.4 is 10.1 Å². The summed E-state index contributed by atoms with van der Waals surface area (Å²) in [5.41, 5.74) is 2.21. The molecule has 1 aliphatic heterocycles. The second kappa shape index (κ2) is 4.93. The van der Waals surface area contributed by atoms with Crippen molar-refractivity contribution in [2.45, 2.75) is 12.5 Å². The number of nitrogens with zero attached hydrogens (tertiary/aromatic N) is 2. The summed E-state index contributed by atoms with van der Waals surface area (Å²) in [5.74, 6) is 0.229. The highest BCUT2D eigenvalue weighted by molar-refractivity contribution is 5.76. The highest BCUT2D eigenvalue weighted by atomic mass is 16.5. The zero-order valence-electron chi connectivity index (χ0n) is 10.9. The number of pyridine rings is 1. The standard InChI is InChI=1S/C13H14N4O3/c1-20-9-3-2-7(6-15-9)12-16-8-4-5-14-11(13(18)19)10(8)17-12/h2-3,6,11,14H,4-5H2,1H3,(H,16,17)(H,18,19)/t11-/m1/s1. The lowest BCUT2D eigenvalue weighted by Crippen LogP contribution is -2.35. The summed E-state index contributed by atoms with van der Waals surface area (Å²) in [4.78, 5) is 22.9. The summed E-state index contributed by atoms with van der Waals surface area (Å²) >= 11 is 0. The fourth-order valence-electron chi connectivity index (χ4n) is 2.27. The summed E-state index contributed by atoms with van der Waals surface area (Å²) in [5, 5.41) is 12.1. The van der Waals surface area contributed by atoms with Gasteiger partial charge in [0.1, 0.15) is 5.82 Å². The topological polar surface area (TPSA) is 100 Å². The average Bonchev–Trinajstić information content (AvgIpc) is 2.90. The van der Waals surface area contributed by atoms with Gasteiger partial charge in [0, 0.05) is 36.5 Å². The summed E-state index contributed by atoms with van der Waals surface area (Å²) in [6, 6.07) is 2.82. The number of fused-ring (bicyclic) bond motifs is 1. The molecule has 0 aliphatic carbocycles. The van der Waals surface area contributed by atoms with Gasteiger partial charge in [-0.1, -0.05) is 0 Å². The molecule has 0 amide bonds. The molecule has 0 unspecified atom stereocenters. The van der Waals surface area contributed by atoms with Crippen molar-refractivity contribution in [2.24, 2.45) is 0 Å². The fraction of sp³-hybridized carbons (Fsp3) is 0.308. The van der Waals surface area contributed by atoms with Crippen molar-refractivity contribution in [2.75, 3.05) is 13.7 Å². The van der Waals surface area contributed by atoms with E-state index >= 15 is 0 Å². The Morgan fingerprint density at radius 2 is 2.35 bits per heavy atom. The van der Waals surface area contributed by atoms with Crippen LogP contribution in [0.15, 0.2) is 18.3 Å². The van der Waals surface area contributed by atoms with Crippen LogP contribution in [0.4, 0.5) is 0 Å². The number of ether oxygens (including phenoxy) is 1. The van der Waals surface area contributed by atoms with Crippen LogP contribution in [-0.4, -0.2) is 39.7 Å². The quantitative estimate of drug-likeness (QED) is 0.763. The van der Waals surface area contributed by atoms with Gasteiger partial charge in [0.2, 0.25) is 5.88 Å². The second-order valence-electron chi connectivity index (χ2n) is 4.51. The van der Waals surface area contributed by atoms with Crippen LogP contribution in [0.5, 0.6) is 5.88 Å². The Bertz CT molecular complexity index is 636. The van der Waals surface area contributed by atoms with Crippen LogP contribution in [0.3, 0.4) is 0 Å². The third-order valence-corrected chi connectivity index (χ3v) is 3.27. The highest BCUT2D eigenvalue weighted by Gasteiger charge is 2.29. The number of hydrogen-bond acceptors (Lipinski definition) is 5. The van der Waals surface area contributed by atoms with E-state index in [4.69, 9.17) is 4.74 Å². The average molecular weight is 274 g/mol. The highest BCUT2D eigenvalue weighted by Crippen LogP contribution is 2.25. The molecular weight excluding hydrogens is 260 g/mol. The molecular formula is C13H14N4O3. The number of hydrogen-bond donors (Lipinski definition) is 3. The maximum atomic E-state index is 11.2. The SMILES string of the molecule is COc1ccc(-c2nc3c([nH]2)CCN[C@H]3C(=O)O)cn1. The van der Waals surface area contributed by atoms with E-state index in [-0.39, 0.29) is 0 Å². The van der Waals surface area contributed by atoms with Gasteiger partial charge < -0.3 is 14.8 Å². The van der Waals surface area contributed by atoms with Crippen LogP contribution in [0.25, 0.3) is 11.4 Å². The molecule has 3 rings (SSSR count). The first-order valence-corrected chi connectivity index (χ1v) is 6.24. The van der Waals surface area contributed by atoms with Crippen molar-refractivity contribution >= 4 is 5.97 Å². The monoisotopic (exact) mass is 274 g/mol. The molecule has 3 heterocycles. The van der Waals surface area contributed by atoms with Crippen LogP contribution in [0.1, 0.15) is 17.4 Å². The first-order chi connectivity index (χ1) is 9.69. The maximum absolute atomic E-state index is 11.2. The van der Waals surface area contributed by atoms with E-state index in [0.717, 1.165) is 17.7 Å². The molecule has 1 atom stereocenters. The molecule has 0 saturated heterocycles. The van der Waals surface area contributed by atoms with Gasteiger partial charge in [0.25, 0.3) is 0 Å². The number of rotatable bonds is 3. The van der Waals surface area contributed by atoms with Crippen molar-refractivity contribution in [1.82, 2.24) is 20.3 Å². The van der Waals surface area contributed by atoms with E-state index < -0.39 is 12.0 Å². The first kappa shape index (κ1) is 12.6. The van der Waals surface area contributed by atoms with Crippen LogP contribution in [-0.2, 0) is 11.2 Å². The lowest BCUT2D eigenvalue weighted by atomic mass is 10.1. The molecule has 0 fully saturated rings. The molecule has 20 heavy (non-hydrogen) atoms. The zero-order chi connectivity index (χ0) is 14.1. The molecule has 0 saturated carbocycles. The van der Waals surface area contributed by atoms with Gasteiger partial charge >= 0.3 is 5.97 Å². The van der Waals surface area contributed by atoms with Crippen LogP contribution in [0.2, 0.25) is 0 Å². The van der Waals surface area contributed by atoms with E-state index in [1.807, 2.05) is 6.07 Å². The van der Waals surface area contributed by atoms with E-state index in [2.05, 4.69) is 20.3 Å². The second-order valence-corrected chi connectivity index (χ2v) is 4.51. The minimum atomic E-state index is -0.920. The van der Waals surface area contributed by atoms with Crippen LogP contribution in [0, 0.1) is 0 Å². The number of methoxy groups -OCH3 is 1. The van der Waals surface area contributed by atoms with Crippen molar-refractivity contribution < 1.29 is 14.6 Å². The summed E-state index contributed by atoms with van der Waals surface area (Å²) in [6.07, 6.45) is 2.38. The Hall–Kier alpha value is -2.41. The molecule has 2 aromatic rings. The van der Waals surface area contributed by atoms with Gasteiger partial charge in [-0.25, -0.2) is 9.97 Å². The molecule has 2 aromatic heterocycles. The first-order valence-electron chi connectivity index (χ1n) is 6.24. The van der Waals surface area contributed by atoms with Crippen molar-refractivity contribution in [3.8, 4) is 17.3 Å². The van der Waals surface area contributed by atoms with E-state index in [1.54, 1.807) is 19.4 Å². The Morgan fingerprint density at radius 1 is 1.50 bits per heavy atom. The minimum Gasteiger partial charge on any atom is -0.481 e. The van der Waals surface area contributed by atoms with Gasteiger partial charge in [0.05, 0.1) is 12.8 Å². The van der Waals surface area contributed by atoms with Gasteiger partial charge in [-0.3, -0.25) is 10.1 Å². The number of imidazole rings is 1. The minimum absolute atomic E-state index is 0.523. The Labute approximate surface area is 115 Å². The predicted molar refractivity (Wildman–Crippen MR) is 70.5 cm³/mol. The molecule has 0 radical (unpaired) electrons. The number of aliphatic carboxylic acids is 1. The summed E-state index contributed by atoms with van der Waals surface area (Å²) in [7, 11) is 1.55. The number of H-pyrrole nitrogens is 1. The Balaban J connectivity index is 1.97. The molecule has 7 heteroatoms. The normalized spacial score (nSPS) is 17.6. The Morgan fingerprint density at radius 3 is 3.00 bits per heavy atom. The summed E-state index contributed by atoms with van der Waals surface area (Å²) < 4.78 is 5.01. The summed E-state index contributed by atoms with van der Waals surface area (Å²) in [6.45, 7) is 0.618. The number of nitrogens with one attached hydrogen (secondary N) is 2. The lowest BCUT2D eigenvalue weighted by Gasteiger charge is -2.18. The van der Waals surface area contributed by atoms with E-state index in [9.17, 15) is 9.90 Å². The van der Waals surface area contributed by atoms with Crippen molar-refractivity contribution in [3.63, 3.8) is 0 Å². The maximum Gasteiger partial charge on any atom is 0.327 e. The van der Waals surface area contributed by atoms with Gasteiger partial charge in [-0.2, -0.15) is 0 Å². The third-order valence-electron chi connectivity index (χ3n) is 3.27. The molecule has 0 aromatic carbocycles. The number of aromatic amines is 1. The van der Waals surface area contributed by atoms with Gasteiger partial charge in [-0.15, -0.1) is 0 Å². The largest absolute Gasteiger partial charge is 0.481 e. The molecule has 1 aliphatic rings. The smallest absolute Gasteiger partial charge is 0.327 e. The fourth-order valence-corrected chi connectivity index (χ4v) is 2.27. The van der Waals surface area contributed by atoms with Gasteiger partial charge in [-0.05, 0) is 6.07 Å². The van der Waals surface area contributed by atoms with Gasteiger partial charge in [0.15, 0.2) is 6.04 Å². The lowest BCUT2D eigenvalue weighted by molar-refractivity contribution is -0.139. The van der Waals surface area contributed by atoms with Crippen molar-refractivity contribution in [1.29, 1.82) is 0 Å². The number of aromatic nitrogens is 3. The number of carboxylic acid groups (broad SMARTS) is 1. The van der Waals surface area contributed by atoms with E-state index in [1.165, 1.54) is 0 Å². The molecule has 0 bridgehead atoms. The Kier molecular flexibility index (Phi) is 3.11. The number of carbonyl (C=O) groups is 1. The van der Waals surface area contributed by atoms with E-state index in [0.29, 0.717) is 23.9 Å².